The molecule has 5 heteroatoms. The molecule has 0 amide bonds. The molecular weight excluding hydrogens is 266 g/mol. The molecule has 0 fully saturated rings. The summed E-state index contributed by atoms with van der Waals surface area (Å²) in [6.07, 6.45) is -0.600. The highest BCUT2D eigenvalue weighted by Gasteiger charge is 2.16. The lowest BCUT2D eigenvalue weighted by atomic mass is 10.0. The van der Waals surface area contributed by atoms with E-state index in [4.69, 9.17) is 11.6 Å². The SMILES string of the molecule is O=[N+]([O-])c1ccccc1CC(O)c1ccc(Cl)cc1. The summed E-state index contributed by atoms with van der Waals surface area (Å²) in [6.45, 7) is 0. The van der Waals surface area contributed by atoms with Gasteiger partial charge in [-0.25, -0.2) is 0 Å². The average Bonchev–Trinajstić information content (AvgIpc) is 2.39. The van der Waals surface area contributed by atoms with Crippen molar-refractivity contribution in [2.75, 3.05) is 0 Å². The fourth-order valence-electron chi connectivity index (χ4n) is 1.87. The quantitative estimate of drug-likeness (QED) is 0.687. The minimum atomic E-state index is -0.793. The Hall–Kier alpha value is -1.91. The molecule has 1 unspecified atom stereocenters. The zero-order chi connectivity index (χ0) is 13.8. The number of aliphatic hydroxyl groups is 1. The maximum absolute atomic E-state index is 10.9. The number of hydrogen-bond donors (Lipinski definition) is 1. The first-order chi connectivity index (χ1) is 9.08. The van der Waals surface area contributed by atoms with Gasteiger partial charge in [0.15, 0.2) is 0 Å². The van der Waals surface area contributed by atoms with Crippen molar-refractivity contribution in [1.82, 2.24) is 0 Å². The molecule has 0 saturated carbocycles. The maximum atomic E-state index is 10.9. The summed E-state index contributed by atoms with van der Waals surface area (Å²) < 4.78 is 0. The van der Waals surface area contributed by atoms with Crippen LogP contribution >= 0.6 is 11.6 Å². The third kappa shape index (κ3) is 3.30. The fourth-order valence-corrected chi connectivity index (χ4v) is 2.00. The Labute approximate surface area is 115 Å². The van der Waals surface area contributed by atoms with Crippen molar-refractivity contribution in [3.63, 3.8) is 0 Å². The Morgan fingerprint density at radius 1 is 1.16 bits per heavy atom. The van der Waals surface area contributed by atoms with E-state index >= 15 is 0 Å². The van der Waals surface area contributed by atoms with Gasteiger partial charge in [-0.05, 0) is 17.7 Å². The highest BCUT2D eigenvalue weighted by atomic mass is 35.5. The number of nitrogens with zero attached hydrogens (tertiary/aromatic N) is 1. The second-order valence-corrected chi connectivity index (χ2v) is 4.59. The Morgan fingerprint density at radius 3 is 2.42 bits per heavy atom. The van der Waals surface area contributed by atoms with Crippen LogP contribution in [0.25, 0.3) is 0 Å². The molecule has 0 aliphatic heterocycles. The standard InChI is InChI=1S/C14H12ClNO3/c15-12-7-5-10(6-8-12)14(17)9-11-3-1-2-4-13(11)16(18)19/h1-8,14,17H,9H2. The summed E-state index contributed by atoms with van der Waals surface area (Å²) in [7, 11) is 0. The lowest BCUT2D eigenvalue weighted by Crippen LogP contribution is -2.04. The second-order valence-electron chi connectivity index (χ2n) is 4.16. The van der Waals surface area contributed by atoms with Crippen LogP contribution in [0.2, 0.25) is 5.02 Å². The van der Waals surface area contributed by atoms with Gasteiger partial charge in [0.2, 0.25) is 0 Å². The van der Waals surface area contributed by atoms with Crippen LogP contribution in [0.15, 0.2) is 48.5 Å². The third-order valence-electron chi connectivity index (χ3n) is 2.86. The van der Waals surface area contributed by atoms with E-state index in [1.54, 1.807) is 42.5 Å². The first-order valence-electron chi connectivity index (χ1n) is 5.74. The highest BCUT2D eigenvalue weighted by molar-refractivity contribution is 6.30. The first kappa shape index (κ1) is 13.5. The fraction of sp³-hybridized carbons (Fsp3) is 0.143. The number of para-hydroxylation sites is 1. The largest absolute Gasteiger partial charge is 0.388 e. The summed E-state index contributed by atoms with van der Waals surface area (Å²) in [5.74, 6) is 0. The molecule has 0 radical (unpaired) electrons. The van der Waals surface area contributed by atoms with E-state index in [0.29, 0.717) is 16.1 Å². The Balaban J connectivity index is 2.21. The summed E-state index contributed by atoms with van der Waals surface area (Å²) in [6, 6.07) is 13.2. The van der Waals surface area contributed by atoms with Crippen molar-refractivity contribution in [2.45, 2.75) is 12.5 Å². The molecule has 19 heavy (non-hydrogen) atoms. The van der Waals surface area contributed by atoms with Gasteiger partial charge in [-0.15, -0.1) is 0 Å². The summed E-state index contributed by atoms with van der Waals surface area (Å²) >= 11 is 5.77. The van der Waals surface area contributed by atoms with E-state index in [2.05, 4.69) is 0 Å². The molecule has 2 aromatic rings. The molecule has 98 valence electrons. The van der Waals surface area contributed by atoms with Crippen LogP contribution in [0.5, 0.6) is 0 Å². The van der Waals surface area contributed by atoms with Crippen LogP contribution in [0, 0.1) is 10.1 Å². The predicted molar refractivity (Wildman–Crippen MR) is 73.2 cm³/mol. The number of aliphatic hydroxyl groups excluding tert-OH is 1. The summed E-state index contributed by atoms with van der Waals surface area (Å²) in [5, 5.41) is 21.6. The molecule has 0 aromatic heterocycles. The van der Waals surface area contributed by atoms with E-state index in [-0.39, 0.29) is 12.1 Å². The molecule has 1 atom stereocenters. The Kier molecular flexibility index (Phi) is 4.14. The van der Waals surface area contributed by atoms with Crippen LogP contribution in [0.4, 0.5) is 5.69 Å². The van der Waals surface area contributed by atoms with Gasteiger partial charge in [0.25, 0.3) is 5.69 Å². The van der Waals surface area contributed by atoms with Crippen molar-refractivity contribution in [1.29, 1.82) is 0 Å². The van der Waals surface area contributed by atoms with Gasteiger partial charge in [-0.1, -0.05) is 41.9 Å². The van der Waals surface area contributed by atoms with E-state index in [0.717, 1.165) is 0 Å². The number of nitro benzene ring substituents is 1. The van der Waals surface area contributed by atoms with E-state index in [9.17, 15) is 15.2 Å². The number of benzene rings is 2. The van der Waals surface area contributed by atoms with Crippen molar-refractivity contribution in [3.8, 4) is 0 Å². The third-order valence-corrected chi connectivity index (χ3v) is 3.11. The maximum Gasteiger partial charge on any atom is 0.272 e. The number of nitro groups is 1. The second kappa shape index (κ2) is 5.82. The molecular formula is C14H12ClNO3. The van der Waals surface area contributed by atoms with Crippen molar-refractivity contribution in [2.24, 2.45) is 0 Å². The van der Waals surface area contributed by atoms with Crippen LogP contribution in [-0.2, 0) is 6.42 Å². The zero-order valence-corrected chi connectivity index (χ0v) is 10.7. The topological polar surface area (TPSA) is 63.4 Å². The van der Waals surface area contributed by atoms with Gasteiger partial charge in [0.1, 0.15) is 0 Å². The van der Waals surface area contributed by atoms with Gasteiger partial charge in [0, 0.05) is 23.1 Å². The Morgan fingerprint density at radius 2 is 1.79 bits per heavy atom. The van der Waals surface area contributed by atoms with Gasteiger partial charge in [-0.2, -0.15) is 0 Å². The minimum Gasteiger partial charge on any atom is -0.388 e. The first-order valence-corrected chi connectivity index (χ1v) is 6.11. The van der Waals surface area contributed by atoms with E-state index in [1.807, 2.05) is 0 Å². The highest BCUT2D eigenvalue weighted by Crippen LogP contribution is 2.25. The van der Waals surface area contributed by atoms with Crippen molar-refractivity contribution >= 4 is 17.3 Å². The molecule has 4 nitrogen and oxygen atoms in total. The number of rotatable bonds is 4. The van der Waals surface area contributed by atoms with Gasteiger partial charge in [-0.3, -0.25) is 10.1 Å². The molecule has 0 saturated heterocycles. The van der Waals surface area contributed by atoms with Crippen LogP contribution in [0.3, 0.4) is 0 Å². The lowest BCUT2D eigenvalue weighted by molar-refractivity contribution is -0.385. The molecule has 0 heterocycles. The van der Waals surface area contributed by atoms with Crippen molar-refractivity contribution in [3.05, 3.63) is 74.8 Å². The summed E-state index contributed by atoms with van der Waals surface area (Å²) in [5.41, 5.74) is 1.22. The molecule has 0 bridgehead atoms. The summed E-state index contributed by atoms with van der Waals surface area (Å²) in [4.78, 5) is 10.5. The molecule has 0 spiro atoms. The van der Waals surface area contributed by atoms with Crippen LogP contribution in [0.1, 0.15) is 17.2 Å². The molecule has 1 N–H and O–H groups in total. The lowest BCUT2D eigenvalue weighted by Gasteiger charge is -2.11. The van der Waals surface area contributed by atoms with Gasteiger partial charge >= 0.3 is 0 Å². The molecule has 0 aliphatic carbocycles. The van der Waals surface area contributed by atoms with Crippen LogP contribution in [-0.4, -0.2) is 10.0 Å². The monoisotopic (exact) mass is 277 g/mol. The average molecular weight is 278 g/mol. The smallest absolute Gasteiger partial charge is 0.272 e. The normalized spacial score (nSPS) is 12.1. The predicted octanol–water partition coefficient (Wildman–Crippen LogP) is 3.52. The molecule has 2 rings (SSSR count). The van der Waals surface area contributed by atoms with E-state index in [1.165, 1.54) is 6.07 Å². The molecule has 2 aromatic carbocycles. The number of hydrogen-bond acceptors (Lipinski definition) is 3. The van der Waals surface area contributed by atoms with E-state index < -0.39 is 11.0 Å². The number of halogens is 1. The Bertz CT molecular complexity index is 583. The van der Waals surface area contributed by atoms with Gasteiger partial charge in [0.05, 0.1) is 11.0 Å². The zero-order valence-electron chi connectivity index (χ0n) is 9.99. The molecule has 0 aliphatic rings. The van der Waals surface area contributed by atoms with Crippen LogP contribution < -0.4 is 0 Å². The van der Waals surface area contributed by atoms with Gasteiger partial charge < -0.3 is 5.11 Å². The minimum absolute atomic E-state index is 0.0236. The van der Waals surface area contributed by atoms with Crippen molar-refractivity contribution < 1.29 is 10.0 Å².